The number of nitrogens with zero attached hydrogens (tertiary/aromatic N) is 2. The van der Waals surface area contributed by atoms with Crippen molar-refractivity contribution >= 4 is 17.3 Å². The van der Waals surface area contributed by atoms with Crippen LogP contribution in [-0.4, -0.2) is 38.0 Å². The van der Waals surface area contributed by atoms with Gasteiger partial charge in [-0.2, -0.15) is 0 Å². The zero-order valence-electron chi connectivity index (χ0n) is 10.4. The maximum atomic E-state index is 5.74. The van der Waals surface area contributed by atoms with E-state index in [0.29, 0.717) is 19.0 Å². The molecular weight excluding hydrogens is 232 g/mol. The van der Waals surface area contributed by atoms with Gasteiger partial charge in [0.2, 0.25) is 0 Å². The molecule has 4 nitrogen and oxygen atoms in total. The van der Waals surface area contributed by atoms with E-state index in [0.717, 1.165) is 0 Å². The van der Waals surface area contributed by atoms with Crippen LogP contribution >= 0.6 is 11.3 Å². The van der Waals surface area contributed by atoms with E-state index in [-0.39, 0.29) is 6.04 Å². The van der Waals surface area contributed by atoms with Crippen molar-refractivity contribution in [1.82, 2.24) is 10.2 Å². The highest BCUT2D eigenvalue weighted by Crippen LogP contribution is 2.23. The second-order valence-electron chi connectivity index (χ2n) is 3.89. The zero-order chi connectivity index (χ0) is 12.7. The maximum absolute atomic E-state index is 5.74. The SMILES string of the molecule is C=CCNC(N)=NCC(c1cccs1)N(C)C. The van der Waals surface area contributed by atoms with Crippen LogP contribution in [0.4, 0.5) is 0 Å². The van der Waals surface area contributed by atoms with Crippen molar-refractivity contribution in [2.24, 2.45) is 10.7 Å². The van der Waals surface area contributed by atoms with E-state index in [1.807, 2.05) is 14.1 Å². The molecule has 1 aromatic rings. The molecule has 1 rings (SSSR count). The molecule has 0 aliphatic heterocycles. The van der Waals surface area contributed by atoms with E-state index in [1.54, 1.807) is 17.4 Å². The van der Waals surface area contributed by atoms with Crippen molar-refractivity contribution in [3.8, 4) is 0 Å². The Labute approximate surface area is 107 Å². The third kappa shape index (κ3) is 4.58. The van der Waals surface area contributed by atoms with Crippen molar-refractivity contribution in [3.63, 3.8) is 0 Å². The van der Waals surface area contributed by atoms with Crippen LogP contribution in [0.25, 0.3) is 0 Å². The summed E-state index contributed by atoms with van der Waals surface area (Å²) in [7, 11) is 4.10. The van der Waals surface area contributed by atoms with Crippen molar-refractivity contribution in [2.45, 2.75) is 6.04 Å². The monoisotopic (exact) mass is 252 g/mol. The summed E-state index contributed by atoms with van der Waals surface area (Å²) < 4.78 is 0. The zero-order valence-corrected chi connectivity index (χ0v) is 11.2. The van der Waals surface area contributed by atoms with Crippen LogP contribution in [0.3, 0.4) is 0 Å². The van der Waals surface area contributed by atoms with Gasteiger partial charge in [0.15, 0.2) is 5.96 Å². The highest BCUT2D eigenvalue weighted by Gasteiger charge is 2.14. The summed E-state index contributed by atoms with van der Waals surface area (Å²) in [5.41, 5.74) is 5.74. The van der Waals surface area contributed by atoms with Gasteiger partial charge >= 0.3 is 0 Å². The number of hydrogen-bond acceptors (Lipinski definition) is 3. The molecular formula is C12H20N4S. The largest absolute Gasteiger partial charge is 0.370 e. The highest BCUT2D eigenvalue weighted by atomic mass is 32.1. The van der Waals surface area contributed by atoms with Gasteiger partial charge in [0.05, 0.1) is 12.6 Å². The number of aliphatic imine (C=N–C) groups is 1. The van der Waals surface area contributed by atoms with Gasteiger partial charge in [-0.25, -0.2) is 0 Å². The van der Waals surface area contributed by atoms with Crippen LogP contribution < -0.4 is 11.1 Å². The van der Waals surface area contributed by atoms with Gasteiger partial charge in [-0.05, 0) is 25.5 Å². The summed E-state index contributed by atoms with van der Waals surface area (Å²) in [5.74, 6) is 0.466. The Hall–Kier alpha value is -1.33. The lowest BCUT2D eigenvalue weighted by molar-refractivity contribution is 0.310. The lowest BCUT2D eigenvalue weighted by Gasteiger charge is -2.21. The Morgan fingerprint density at radius 1 is 1.71 bits per heavy atom. The van der Waals surface area contributed by atoms with Gasteiger partial charge in [0.1, 0.15) is 0 Å². The number of nitrogens with two attached hydrogens (primary N) is 1. The Morgan fingerprint density at radius 2 is 2.47 bits per heavy atom. The molecule has 5 heteroatoms. The van der Waals surface area contributed by atoms with Crippen LogP contribution in [0.1, 0.15) is 10.9 Å². The fourth-order valence-electron chi connectivity index (χ4n) is 1.41. The Morgan fingerprint density at radius 3 is 3.00 bits per heavy atom. The van der Waals surface area contributed by atoms with E-state index >= 15 is 0 Å². The smallest absolute Gasteiger partial charge is 0.188 e. The maximum Gasteiger partial charge on any atom is 0.188 e. The standard InChI is InChI=1S/C12H20N4S/c1-4-7-14-12(13)15-9-10(16(2)3)11-6-5-8-17-11/h4-6,8,10H,1,7,9H2,2-3H3,(H3,13,14,15). The van der Waals surface area contributed by atoms with Gasteiger partial charge in [0.25, 0.3) is 0 Å². The number of guanidine groups is 1. The Balaban J connectivity index is 2.59. The molecule has 0 amide bonds. The minimum Gasteiger partial charge on any atom is -0.370 e. The van der Waals surface area contributed by atoms with E-state index in [1.165, 1.54) is 4.88 Å². The van der Waals surface area contributed by atoms with Crippen molar-refractivity contribution in [1.29, 1.82) is 0 Å². The lowest BCUT2D eigenvalue weighted by Crippen LogP contribution is -2.33. The molecule has 1 unspecified atom stereocenters. The first-order chi connectivity index (χ1) is 8.15. The summed E-state index contributed by atoms with van der Waals surface area (Å²) in [6, 6.07) is 4.46. The van der Waals surface area contributed by atoms with Crippen LogP contribution in [0, 0.1) is 0 Å². The molecule has 1 heterocycles. The topological polar surface area (TPSA) is 53.6 Å². The number of nitrogens with one attached hydrogen (secondary N) is 1. The second-order valence-corrected chi connectivity index (χ2v) is 4.87. The van der Waals surface area contributed by atoms with Gasteiger partial charge in [-0.1, -0.05) is 12.1 Å². The summed E-state index contributed by atoms with van der Waals surface area (Å²) in [5, 5.41) is 5.04. The first kappa shape index (κ1) is 13.7. The molecule has 0 saturated heterocycles. The molecule has 0 saturated carbocycles. The summed E-state index contributed by atoms with van der Waals surface area (Å²) in [4.78, 5) is 7.79. The first-order valence-corrected chi connectivity index (χ1v) is 6.37. The quantitative estimate of drug-likeness (QED) is 0.457. The van der Waals surface area contributed by atoms with Crippen LogP contribution in [0.5, 0.6) is 0 Å². The molecule has 0 fully saturated rings. The van der Waals surface area contributed by atoms with Crippen LogP contribution in [0.2, 0.25) is 0 Å². The summed E-state index contributed by atoms with van der Waals surface area (Å²) in [6.45, 7) is 4.91. The molecule has 17 heavy (non-hydrogen) atoms. The van der Waals surface area contributed by atoms with Gasteiger partial charge in [-0.3, -0.25) is 4.99 Å². The average molecular weight is 252 g/mol. The van der Waals surface area contributed by atoms with Gasteiger partial charge < -0.3 is 16.0 Å². The molecule has 0 aliphatic carbocycles. The first-order valence-electron chi connectivity index (χ1n) is 5.49. The minimum atomic E-state index is 0.277. The Kier molecular flexibility index (Phi) is 5.72. The number of likely N-dealkylation sites (N-methyl/N-ethyl adjacent to an activating group) is 1. The van der Waals surface area contributed by atoms with Gasteiger partial charge in [0, 0.05) is 11.4 Å². The molecule has 0 spiro atoms. The van der Waals surface area contributed by atoms with E-state index in [9.17, 15) is 0 Å². The number of rotatable bonds is 6. The van der Waals surface area contributed by atoms with Crippen molar-refractivity contribution in [2.75, 3.05) is 27.2 Å². The van der Waals surface area contributed by atoms with Crippen molar-refractivity contribution < 1.29 is 0 Å². The number of thiophene rings is 1. The highest BCUT2D eigenvalue weighted by molar-refractivity contribution is 7.10. The summed E-state index contributed by atoms with van der Waals surface area (Å²) >= 11 is 1.74. The van der Waals surface area contributed by atoms with Crippen LogP contribution in [0.15, 0.2) is 35.2 Å². The third-order valence-electron chi connectivity index (χ3n) is 2.36. The summed E-state index contributed by atoms with van der Waals surface area (Å²) in [6.07, 6.45) is 1.76. The molecule has 0 radical (unpaired) electrons. The second kappa shape index (κ2) is 7.09. The molecule has 1 atom stereocenters. The minimum absolute atomic E-state index is 0.277. The normalized spacial score (nSPS) is 13.7. The molecule has 0 aromatic carbocycles. The lowest BCUT2D eigenvalue weighted by atomic mass is 10.2. The molecule has 3 N–H and O–H groups in total. The van der Waals surface area contributed by atoms with E-state index in [4.69, 9.17) is 5.73 Å². The molecule has 0 bridgehead atoms. The molecule has 0 aliphatic rings. The van der Waals surface area contributed by atoms with E-state index < -0.39 is 0 Å². The fraction of sp³-hybridized carbons (Fsp3) is 0.417. The average Bonchev–Trinajstić information content (AvgIpc) is 2.79. The predicted molar refractivity (Wildman–Crippen MR) is 75.4 cm³/mol. The number of hydrogen-bond donors (Lipinski definition) is 2. The molecule has 94 valence electrons. The molecule has 1 aromatic heterocycles. The third-order valence-corrected chi connectivity index (χ3v) is 3.33. The Bertz CT molecular complexity index is 357. The van der Waals surface area contributed by atoms with Crippen LogP contribution in [-0.2, 0) is 0 Å². The van der Waals surface area contributed by atoms with E-state index in [2.05, 4.69) is 39.3 Å². The van der Waals surface area contributed by atoms with Crippen molar-refractivity contribution in [3.05, 3.63) is 35.0 Å². The van der Waals surface area contributed by atoms with Gasteiger partial charge in [-0.15, -0.1) is 17.9 Å². The fourth-order valence-corrected chi connectivity index (χ4v) is 2.32. The predicted octanol–water partition coefficient (Wildman–Crippen LogP) is 1.44.